The first kappa shape index (κ1) is 10.4. The van der Waals surface area contributed by atoms with Crippen molar-refractivity contribution < 1.29 is 4.92 Å². The Morgan fingerprint density at radius 1 is 1.50 bits per heavy atom. The van der Waals surface area contributed by atoms with Gasteiger partial charge in [-0.3, -0.25) is 10.1 Å². The maximum absolute atomic E-state index is 10.6. The number of aromatic nitrogens is 1. The molecule has 0 spiro atoms. The van der Waals surface area contributed by atoms with Gasteiger partial charge >= 0.3 is 0 Å². The summed E-state index contributed by atoms with van der Waals surface area (Å²) in [4.78, 5) is 13.5. The molecule has 4 heteroatoms. The van der Waals surface area contributed by atoms with E-state index in [1.807, 2.05) is 19.1 Å². The van der Waals surface area contributed by atoms with Crippen LogP contribution in [0, 0.1) is 10.1 Å². The monoisotopic (exact) mass is 216 g/mol. The van der Waals surface area contributed by atoms with Crippen molar-refractivity contribution in [2.75, 3.05) is 0 Å². The highest BCUT2D eigenvalue weighted by Crippen LogP contribution is 2.25. The molecule has 2 aromatic rings. The summed E-state index contributed by atoms with van der Waals surface area (Å²) in [5, 5.41) is 11.5. The maximum atomic E-state index is 10.6. The van der Waals surface area contributed by atoms with Crippen molar-refractivity contribution in [3.05, 3.63) is 52.7 Å². The quantitative estimate of drug-likeness (QED) is 0.485. The van der Waals surface area contributed by atoms with Crippen LogP contribution in [0.5, 0.6) is 0 Å². The molecule has 0 saturated carbocycles. The smallest absolute Gasteiger partial charge is 0.270 e. The molecule has 0 saturated heterocycles. The largest absolute Gasteiger partial charge is 0.358 e. The van der Waals surface area contributed by atoms with E-state index in [4.69, 9.17) is 0 Å². The number of hydrogen-bond donors (Lipinski definition) is 1. The zero-order chi connectivity index (χ0) is 11.7. The van der Waals surface area contributed by atoms with Gasteiger partial charge in [0.05, 0.1) is 4.92 Å². The van der Waals surface area contributed by atoms with Crippen LogP contribution in [-0.4, -0.2) is 9.91 Å². The van der Waals surface area contributed by atoms with E-state index in [1.165, 1.54) is 6.07 Å². The minimum absolute atomic E-state index is 0.115. The Bertz CT molecular complexity index is 557. The average molecular weight is 216 g/mol. The van der Waals surface area contributed by atoms with Crippen molar-refractivity contribution in [2.45, 2.75) is 12.8 Å². The molecule has 1 atom stereocenters. The second-order valence-corrected chi connectivity index (χ2v) is 3.78. The Kier molecular flexibility index (Phi) is 2.48. The molecule has 0 radical (unpaired) electrons. The number of benzene rings is 1. The molecule has 82 valence electrons. The molecular weight excluding hydrogens is 204 g/mol. The summed E-state index contributed by atoms with van der Waals surface area (Å²) < 4.78 is 0. The van der Waals surface area contributed by atoms with E-state index in [-0.39, 0.29) is 16.5 Å². The Hall–Kier alpha value is -2.10. The van der Waals surface area contributed by atoms with Gasteiger partial charge in [0, 0.05) is 34.6 Å². The lowest BCUT2D eigenvalue weighted by Crippen LogP contribution is -1.86. The van der Waals surface area contributed by atoms with E-state index in [2.05, 4.69) is 11.6 Å². The van der Waals surface area contributed by atoms with Crippen molar-refractivity contribution in [2.24, 2.45) is 0 Å². The fraction of sp³-hybridized carbons (Fsp3) is 0.167. The molecule has 1 aromatic carbocycles. The predicted octanol–water partition coefficient (Wildman–Crippen LogP) is 3.37. The molecule has 0 bridgehead atoms. The summed E-state index contributed by atoms with van der Waals surface area (Å²) >= 11 is 0. The van der Waals surface area contributed by atoms with Crippen molar-refractivity contribution in [1.29, 1.82) is 0 Å². The third-order valence-corrected chi connectivity index (χ3v) is 2.68. The first-order valence-corrected chi connectivity index (χ1v) is 5.01. The fourth-order valence-electron chi connectivity index (χ4n) is 1.63. The topological polar surface area (TPSA) is 58.9 Å². The van der Waals surface area contributed by atoms with E-state index >= 15 is 0 Å². The Morgan fingerprint density at radius 3 is 2.88 bits per heavy atom. The molecule has 2 rings (SSSR count). The molecule has 16 heavy (non-hydrogen) atoms. The summed E-state index contributed by atoms with van der Waals surface area (Å²) in [7, 11) is 0. The minimum atomic E-state index is -0.386. The lowest BCUT2D eigenvalue weighted by atomic mass is 10.1. The van der Waals surface area contributed by atoms with Gasteiger partial charge in [0.1, 0.15) is 0 Å². The maximum Gasteiger partial charge on any atom is 0.270 e. The van der Waals surface area contributed by atoms with Crippen LogP contribution in [0.4, 0.5) is 5.69 Å². The van der Waals surface area contributed by atoms with Crippen LogP contribution >= 0.6 is 0 Å². The van der Waals surface area contributed by atoms with Crippen LogP contribution in [0.3, 0.4) is 0 Å². The standard InChI is InChI=1S/C12H12N2O2/c1-3-8(2)12-7-9-6-10(14(15)16)4-5-11(9)13-12/h3-8,13H,1H2,2H3. The lowest BCUT2D eigenvalue weighted by Gasteiger charge is -1.99. The highest BCUT2D eigenvalue weighted by Gasteiger charge is 2.10. The molecule has 4 nitrogen and oxygen atoms in total. The van der Waals surface area contributed by atoms with Crippen molar-refractivity contribution in [3.63, 3.8) is 0 Å². The highest BCUT2D eigenvalue weighted by molar-refractivity contribution is 5.83. The van der Waals surface area contributed by atoms with Gasteiger partial charge < -0.3 is 4.98 Å². The first-order chi connectivity index (χ1) is 7.61. The van der Waals surface area contributed by atoms with Crippen LogP contribution in [0.25, 0.3) is 10.9 Å². The Morgan fingerprint density at radius 2 is 2.25 bits per heavy atom. The number of allylic oxidation sites excluding steroid dienone is 1. The number of nitrogens with zero attached hydrogens (tertiary/aromatic N) is 1. The Balaban J connectivity index is 2.53. The molecule has 0 aliphatic heterocycles. The molecule has 1 unspecified atom stereocenters. The van der Waals surface area contributed by atoms with Gasteiger partial charge in [0.2, 0.25) is 0 Å². The third kappa shape index (κ3) is 1.69. The van der Waals surface area contributed by atoms with E-state index < -0.39 is 0 Å². The molecule has 0 aliphatic carbocycles. The lowest BCUT2D eigenvalue weighted by molar-refractivity contribution is -0.384. The van der Waals surface area contributed by atoms with Crippen molar-refractivity contribution >= 4 is 16.6 Å². The van der Waals surface area contributed by atoms with E-state index in [1.54, 1.807) is 12.1 Å². The van der Waals surface area contributed by atoms with Gasteiger partial charge in [-0.05, 0) is 12.1 Å². The summed E-state index contributed by atoms with van der Waals surface area (Å²) in [6.07, 6.45) is 1.83. The number of rotatable bonds is 3. The molecule has 0 fully saturated rings. The molecule has 0 aliphatic rings. The Labute approximate surface area is 92.7 Å². The number of H-pyrrole nitrogens is 1. The third-order valence-electron chi connectivity index (χ3n) is 2.68. The van der Waals surface area contributed by atoms with Gasteiger partial charge in [-0.25, -0.2) is 0 Å². The highest BCUT2D eigenvalue weighted by atomic mass is 16.6. The second-order valence-electron chi connectivity index (χ2n) is 3.78. The molecule has 0 amide bonds. The van der Waals surface area contributed by atoms with Crippen molar-refractivity contribution in [3.8, 4) is 0 Å². The number of nitro benzene ring substituents is 1. The number of fused-ring (bicyclic) bond motifs is 1. The van der Waals surface area contributed by atoms with Crippen LogP contribution in [0.1, 0.15) is 18.5 Å². The second kappa shape index (κ2) is 3.81. The zero-order valence-corrected chi connectivity index (χ0v) is 8.93. The summed E-state index contributed by atoms with van der Waals surface area (Å²) in [5.74, 6) is 0.214. The number of non-ortho nitro benzene ring substituents is 1. The average Bonchev–Trinajstić information content (AvgIpc) is 2.70. The minimum Gasteiger partial charge on any atom is -0.358 e. The number of hydrogen-bond acceptors (Lipinski definition) is 2. The van der Waals surface area contributed by atoms with Gasteiger partial charge in [-0.1, -0.05) is 13.0 Å². The summed E-state index contributed by atoms with van der Waals surface area (Å²) in [6, 6.07) is 6.73. The van der Waals surface area contributed by atoms with E-state index in [0.29, 0.717) is 0 Å². The van der Waals surface area contributed by atoms with Crippen LogP contribution in [-0.2, 0) is 0 Å². The van der Waals surface area contributed by atoms with E-state index in [9.17, 15) is 10.1 Å². The first-order valence-electron chi connectivity index (χ1n) is 5.01. The molecule has 1 N–H and O–H groups in total. The van der Waals surface area contributed by atoms with E-state index in [0.717, 1.165) is 16.6 Å². The van der Waals surface area contributed by atoms with Crippen molar-refractivity contribution in [1.82, 2.24) is 4.98 Å². The van der Waals surface area contributed by atoms with Gasteiger partial charge in [0.25, 0.3) is 5.69 Å². The zero-order valence-electron chi connectivity index (χ0n) is 8.93. The van der Waals surface area contributed by atoms with Gasteiger partial charge in [0.15, 0.2) is 0 Å². The van der Waals surface area contributed by atoms with Crippen LogP contribution in [0.15, 0.2) is 36.9 Å². The van der Waals surface area contributed by atoms with Gasteiger partial charge in [-0.2, -0.15) is 0 Å². The number of nitrogens with one attached hydrogen (secondary N) is 1. The molecule has 1 heterocycles. The SMILES string of the molecule is C=CC(C)c1cc2cc([N+](=O)[O-])ccc2[nH]1. The number of nitro groups is 1. The van der Waals surface area contributed by atoms with Gasteiger partial charge in [-0.15, -0.1) is 6.58 Å². The van der Waals surface area contributed by atoms with Crippen LogP contribution < -0.4 is 0 Å². The molecule has 1 aromatic heterocycles. The summed E-state index contributed by atoms with van der Waals surface area (Å²) in [5.41, 5.74) is 2.05. The number of aromatic amines is 1. The predicted molar refractivity (Wildman–Crippen MR) is 63.6 cm³/mol. The fourth-order valence-corrected chi connectivity index (χ4v) is 1.63. The molecular formula is C12H12N2O2. The van der Waals surface area contributed by atoms with Crippen LogP contribution in [0.2, 0.25) is 0 Å². The summed E-state index contributed by atoms with van der Waals surface area (Å²) in [6.45, 7) is 5.74. The normalized spacial score (nSPS) is 12.6.